The third-order valence-electron chi connectivity index (χ3n) is 7.50. The molecule has 0 spiro atoms. The van der Waals surface area contributed by atoms with Gasteiger partial charge in [0.05, 0.1) is 24.2 Å². The summed E-state index contributed by atoms with van der Waals surface area (Å²) in [7, 11) is -3.41. The van der Waals surface area contributed by atoms with Crippen molar-refractivity contribution in [3.05, 3.63) is 53.8 Å². The average molecular weight is 561 g/mol. The van der Waals surface area contributed by atoms with Gasteiger partial charge >= 0.3 is 0 Å². The van der Waals surface area contributed by atoms with Crippen molar-refractivity contribution in [3.63, 3.8) is 0 Å². The monoisotopic (exact) mass is 560 g/mol. The Balaban J connectivity index is 1.34. The summed E-state index contributed by atoms with van der Waals surface area (Å²) >= 11 is 0. The van der Waals surface area contributed by atoms with Crippen molar-refractivity contribution in [2.75, 3.05) is 31.2 Å². The third kappa shape index (κ3) is 6.62. The number of ether oxygens (including phenoxy) is 1. The van der Waals surface area contributed by atoms with Gasteiger partial charge in [-0.1, -0.05) is 25.1 Å². The van der Waals surface area contributed by atoms with Gasteiger partial charge in [0.25, 0.3) is 6.43 Å². The van der Waals surface area contributed by atoms with Crippen LogP contribution in [0.3, 0.4) is 0 Å². The second-order valence-electron chi connectivity index (χ2n) is 10.2. The summed E-state index contributed by atoms with van der Waals surface area (Å²) in [5.74, 6) is 1.08. The predicted octanol–water partition coefficient (Wildman–Crippen LogP) is 4.53. The molecule has 39 heavy (non-hydrogen) atoms. The van der Waals surface area contributed by atoms with E-state index in [0.29, 0.717) is 61.4 Å². The number of rotatable bonds is 10. The van der Waals surface area contributed by atoms with Crippen LogP contribution in [0, 0.1) is 5.92 Å². The lowest BCUT2D eigenvalue weighted by atomic mass is 9.83. The number of aromatic nitrogens is 4. The SMILES string of the molecule is C=CS(=O)(=O)NC1CCC(CCCc2cc(-n3c(C(F)F)nc4ccccc43)nc(N3CCOCC3)n2)CC1. The van der Waals surface area contributed by atoms with E-state index >= 15 is 0 Å². The van der Waals surface area contributed by atoms with Crippen molar-refractivity contribution in [1.82, 2.24) is 24.2 Å². The van der Waals surface area contributed by atoms with Gasteiger partial charge in [0.2, 0.25) is 16.0 Å². The molecule has 5 rings (SSSR count). The van der Waals surface area contributed by atoms with E-state index < -0.39 is 16.4 Å². The van der Waals surface area contributed by atoms with Crippen molar-refractivity contribution in [3.8, 4) is 5.82 Å². The molecule has 0 amide bonds. The van der Waals surface area contributed by atoms with Crippen molar-refractivity contribution >= 4 is 27.0 Å². The molecule has 210 valence electrons. The van der Waals surface area contributed by atoms with Crippen LogP contribution in [-0.4, -0.2) is 60.3 Å². The lowest BCUT2D eigenvalue weighted by Crippen LogP contribution is -2.37. The molecule has 1 saturated heterocycles. The van der Waals surface area contributed by atoms with Crippen LogP contribution >= 0.6 is 0 Å². The molecule has 1 N–H and O–H groups in total. The second kappa shape index (κ2) is 12.1. The maximum atomic E-state index is 14.1. The largest absolute Gasteiger partial charge is 0.378 e. The van der Waals surface area contributed by atoms with Gasteiger partial charge < -0.3 is 9.64 Å². The van der Waals surface area contributed by atoms with E-state index in [1.807, 2.05) is 4.90 Å². The zero-order valence-corrected chi connectivity index (χ0v) is 22.6. The molecular weight excluding hydrogens is 526 g/mol. The van der Waals surface area contributed by atoms with E-state index in [9.17, 15) is 17.2 Å². The summed E-state index contributed by atoms with van der Waals surface area (Å²) in [6, 6.07) is 8.83. The highest BCUT2D eigenvalue weighted by Gasteiger charge is 2.25. The zero-order valence-electron chi connectivity index (χ0n) is 21.8. The number of nitrogens with one attached hydrogen (secondary N) is 1. The summed E-state index contributed by atoms with van der Waals surface area (Å²) in [5, 5.41) is 0.955. The molecule has 0 radical (unpaired) electrons. The summed E-state index contributed by atoms with van der Waals surface area (Å²) < 4.78 is 61.3. The van der Waals surface area contributed by atoms with E-state index in [1.54, 1.807) is 30.3 Å². The molecule has 0 unspecified atom stereocenters. The van der Waals surface area contributed by atoms with Gasteiger partial charge in [-0.15, -0.1) is 0 Å². The topological polar surface area (TPSA) is 102 Å². The Morgan fingerprint density at radius 3 is 2.56 bits per heavy atom. The quantitative estimate of drug-likeness (QED) is 0.389. The second-order valence-corrected chi connectivity index (χ2v) is 11.8. The molecule has 0 atom stereocenters. The van der Waals surface area contributed by atoms with Crippen molar-refractivity contribution < 1.29 is 21.9 Å². The van der Waals surface area contributed by atoms with Crippen molar-refractivity contribution in [2.45, 2.75) is 57.4 Å². The fourth-order valence-electron chi connectivity index (χ4n) is 5.47. The minimum atomic E-state index is -3.41. The minimum Gasteiger partial charge on any atom is -0.378 e. The van der Waals surface area contributed by atoms with Gasteiger partial charge in [0, 0.05) is 36.3 Å². The molecule has 0 bridgehead atoms. The number of alkyl halides is 2. The predicted molar refractivity (Wildman–Crippen MR) is 146 cm³/mol. The molecule has 1 saturated carbocycles. The summed E-state index contributed by atoms with van der Waals surface area (Å²) in [5.41, 5.74) is 1.87. The van der Waals surface area contributed by atoms with E-state index in [2.05, 4.69) is 16.3 Å². The van der Waals surface area contributed by atoms with Crippen molar-refractivity contribution in [1.29, 1.82) is 0 Å². The maximum absolute atomic E-state index is 14.1. The van der Waals surface area contributed by atoms with E-state index in [4.69, 9.17) is 14.7 Å². The standard InChI is InChI=1S/C27H34F2N6O3S/c1-2-39(36,37)33-20-12-10-19(11-13-20)6-5-7-21-18-24(32-27(30-21)34-14-16-38-17-15-34)35-23-9-4-3-8-22(23)31-26(35)25(28)29/h2-4,8-9,18-20,25,33H,1,5-7,10-17H2. The molecule has 2 fully saturated rings. The van der Waals surface area contributed by atoms with E-state index in [0.717, 1.165) is 49.6 Å². The number of sulfonamides is 1. The van der Waals surface area contributed by atoms with Gasteiger partial charge in [-0.25, -0.2) is 31.9 Å². The smallest absolute Gasteiger partial charge is 0.296 e. The number of anilines is 1. The van der Waals surface area contributed by atoms with Crippen LogP contribution in [0.1, 0.15) is 56.5 Å². The highest BCUT2D eigenvalue weighted by molar-refractivity contribution is 7.92. The Kier molecular flexibility index (Phi) is 8.53. The first kappa shape index (κ1) is 27.6. The molecule has 2 aromatic heterocycles. The van der Waals surface area contributed by atoms with Gasteiger partial charge in [-0.2, -0.15) is 4.98 Å². The molecule has 3 heterocycles. The number of halogens is 2. The molecule has 9 nitrogen and oxygen atoms in total. The lowest BCUT2D eigenvalue weighted by Gasteiger charge is -2.29. The van der Waals surface area contributed by atoms with E-state index in [1.165, 1.54) is 4.57 Å². The average Bonchev–Trinajstić information content (AvgIpc) is 3.34. The van der Waals surface area contributed by atoms with Gasteiger partial charge in [0.1, 0.15) is 5.82 Å². The van der Waals surface area contributed by atoms with Crippen LogP contribution in [0.5, 0.6) is 0 Å². The molecule has 12 heteroatoms. The van der Waals surface area contributed by atoms with E-state index in [-0.39, 0.29) is 11.9 Å². The van der Waals surface area contributed by atoms with Crippen LogP contribution in [0.15, 0.2) is 42.3 Å². The number of hydrogen-bond acceptors (Lipinski definition) is 7. The molecule has 1 aliphatic heterocycles. The van der Waals surface area contributed by atoms with Crippen LogP contribution in [0.2, 0.25) is 0 Å². The first-order valence-electron chi connectivity index (χ1n) is 13.4. The lowest BCUT2D eigenvalue weighted by molar-refractivity contribution is 0.122. The zero-order chi connectivity index (χ0) is 27.4. The van der Waals surface area contributed by atoms with Gasteiger partial charge in [-0.05, 0) is 56.6 Å². The Hall–Kier alpha value is -2.96. The number of aryl methyl sites for hydroxylation is 1. The third-order valence-corrected chi connectivity index (χ3v) is 8.60. The Bertz CT molecular complexity index is 1400. The van der Waals surface area contributed by atoms with Crippen LogP contribution in [-0.2, 0) is 21.2 Å². The Morgan fingerprint density at radius 1 is 1.10 bits per heavy atom. The summed E-state index contributed by atoms with van der Waals surface area (Å²) in [6.07, 6.45) is 3.33. The van der Waals surface area contributed by atoms with Crippen LogP contribution in [0.4, 0.5) is 14.7 Å². The highest BCUT2D eigenvalue weighted by atomic mass is 32.2. The molecule has 1 aromatic carbocycles. The fraction of sp³-hybridized carbons (Fsp3) is 0.519. The molecular formula is C27H34F2N6O3S. The van der Waals surface area contributed by atoms with Crippen molar-refractivity contribution in [2.24, 2.45) is 5.92 Å². The normalized spacial score (nSPS) is 20.5. The summed E-state index contributed by atoms with van der Waals surface area (Å²) in [4.78, 5) is 15.8. The number of nitrogens with zero attached hydrogens (tertiary/aromatic N) is 5. The number of benzene rings is 1. The maximum Gasteiger partial charge on any atom is 0.296 e. The first-order valence-corrected chi connectivity index (χ1v) is 15.0. The molecule has 1 aliphatic carbocycles. The Morgan fingerprint density at radius 2 is 1.85 bits per heavy atom. The number of imidazole rings is 1. The molecule has 2 aliphatic rings. The number of morpholine rings is 1. The molecule has 3 aromatic rings. The Labute approximate surface area is 227 Å². The summed E-state index contributed by atoms with van der Waals surface area (Å²) in [6.45, 7) is 5.74. The van der Waals surface area contributed by atoms with Gasteiger partial charge in [-0.3, -0.25) is 4.57 Å². The van der Waals surface area contributed by atoms with Crippen LogP contribution < -0.4 is 9.62 Å². The number of fused-ring (bicyclic) bond motifs is 1. The van der Waals surface area contributed by atoms with Gasteiger partial charge in [0.15, 0.2) is 5.82 Å². The number of para-hydroxylation sites is 2. The highest BCUT2D eigenvalue weighted by Crippen LogP contribution is 2.30. The fourth-order valence-corrected chi connectivity index (χ4v) is 6.27. The minimum absolute atomic E-state index is 0.0428. The first-order chi connectivity index (χ1) is 18.8. The van der Waals surface area contributed by atoms with Crippen LogP contribution in [0.25, 0.3) is 16.9 Å². The number of hydrogen-bond donors (Lipinski definition) is 1.